The van der Waals surface area contributed by atoms with Crippen LogP contribution in [0.25, 0.3) is 21.5 Å². The highest BCUT2D eigenvalue weighted by atomic mass is 32.1. The van der Waals surface area contributed by atoms with Gasteiger partial charge in [-0.15, -0.1) is 11.3 Å². The molecular weight excluding hydrogens is 288 g/mol. The second-order valence-corrected chi connectivity index (χ2v) is 7.33. The van der Waals surface area contributed by atoms with Gasteiger partial charge in [-0.1, -0.05) is 30.0 Å². The van der Waals surface area contributed by atoms with Gasteiger partial charge < -0.3 is 0 Å². The van der Waals surface area contributed by atoms with Crippen LogP contribution in [0.5, 0.6) is 0 Å². The van der Waals surface area contributed by atoms with Gasteiger partial charge >= 0.3 is 0 Å². The van der Waals surface area contributed by atoms with E-state index in [2.05, 4.69) is 47.4 Å². The third kappa shape index (κ3) is 2.34. The van der Waals surface area contributed by atoms with E-state index < -0.39 is 0 Å². The molecule has 2 nitrogen and oxygen atoms in total. The van der Waals surface area contributed by atoms with Gasteiger partial charge in [0.25, 0.3) is 0 Å². The van der Waals surface area contributed by atoms with Crippen LogP contribution in [0, 0.1) is 13.8 Å². The Labute approximate surface area is 135 Å². The van der Waals surface area contributed by atoms with Crippen LogP contribution in [0.1, 0.15) is 48.3 Å². The van der Waals surface area contributed by atoms with Crippen LogP contribution in [0.15, 0.2) is 29.9 Å². The number of aryl methyl sites for hydroxylation is 2. The minimum atomic E-state index is 0.704. The molecule has 0 amide bonds. The van der Waals surface area contributed by atoms with E-state index >= 15 is 0 Å². The van der Waals surface area contributed by atoms with Crippen molar-refractivity contribution in [3.8, 4) is 11.3 Å². The zero-order valence-electron chi connectivity index (χ0n) is 13.1. The Kier molecular flexibility index (Phi) is 3.45. The smallest absolute Gasteiger partial charge is 0.116 e. The van der Waals surface area contributed by atoms with Gasteiger partial charge in [0.15, 0.2) is 0 Å². The second-order valence-electron chi connectivity index (χ2n) is 6.45. The molecule has 1 aliphatic rings. The molecule has 3 heteroatoms. The molecule has 0 unspecified atom stereocenters. The van der Waals surface area contributed by atoms with Gasteiger partial charge in [0.05, 0.1) is 15.9 Å². The van der Waals surface area contributed by atoms with Crippen LogP contribution in [0.2, 0.25) is 0 Å². The maximum Gasteiger partial charge on any atom is 0.116 e. The normalized spacial score (nSPS) is 15.7. The molecule has 3 aromatic rings. The number of hydrogen-bond donors (Lipinski definition) is 0. The molecule has 4 rings (SSSR count). The molecule has 2 aromatic heterocycles. The summed E-state index contributed by atoms with van der Waals surface area (Å²) in [6.07, 6.45) is 7.08. The monoisotopic (exact) mass is 308 g/mol. The number of nitrogens with zero attached hydrogens (tertiary/aromatic N) is 2. The molecule has 1 aromatic carbocycles. The quantitative estimate of drug-likeness (QED) is 0.613. The third-order valence-corrected chi connectivity index (χ3v) is 5.67. The van der Waals surface area contributed by atoms with Crippen molar-refractivity contribution in [2.75, 3.05) is 0 Å². The minimum Gasteiger partial charge on any atom is -0.235 e. The van der Waals surface area contributed by atoms with Crippen LogP contribution in [-0.4, -0.2) is 9.97 Å². The van der Waals surface area contributed by atoms with Crippen LogP contribution in [0.3, 0.4) is 0 Å². The molecule has 0 radical (unpaired) electrons. The number of thiophene rings is 1. The number of hydrogen-bond acceptors (Lipinski definition) is 3. The summed E-state index contributed by atoms with van der Waals surface area (Å²) in [5.41, 5.74) is 7.51. The van der Waals surface area contributed by atoms with Gasteiger partial charge in [0.1, 0.15) is 6.33 Å². The predicted molar refractivity (Wildman–Crippen MR) is 93.5 cm³/mol. The fourth-order valence-corrected chi connectivity index (χ4v) is 4.83. The summed E-state index contributed by atoms with van der Waals surface area (Å²) in [7, 11) is 0. The summed E-state index contributed by atoms with van der Waals surface area (Å²) in [5, 5.41) is 2.32. The first-order valence-corrected chi connectivity index (χ1v) is 8.91. The Morgan fingerprint density at radius 1 is 1.00 bits per heavy atom. The highest BCUT2D eigenvalue weighted by molar-refractivity contribution is 7.17. The number of fused-ring (bicyclic) bond motifs is 1. The van der Waals surface area contributed by atoms with Crippen molar-refractivity contribution in [1.82, 2.24) is 9.97 Å². The Morgan fingerprint density at radius 2 is 1.73 bits per heavy atom. The molecule has 0 N–H and O–H groups in total. The fraction of sp³-hybridized carbons (Fsp3) is 0.368. The van der Waals surface area contributed by atoms with E-state index in [-0.39, 0.29) is 0 Å². The molecule has 112 valence electrons. The lowest BCUT2D eigenvalue weighted by molar-refractivity contribution is 0.730. The van der Waals surface area contributed by atoms with Gasteiger partial charge in [-0.3, -0.25) is 0 Å². The summed E-state index contributed by atoms with van der Waals surface area (Å²) in [6, 6.07) is 6.66. The highest BCUT2D eigenvalue weighted by Crippen LogP contribution is 2.41. The van der Waals surface area contributed by atoms with Crippen molar-refractivity contribution in [1.29, 1.82) is 0 Å². The van der Waals surface area contributed by atoms with E-state index in [1.54, 1.807) is 6.33 Å². The van der Waals surface area contributed by atoms with Crippen LogP contribution in [-0.2, 0) is 0 Å². The lowest BCUT2D eigenvalue weighted by Gasteiger charge is -2.08. The number of aromatic nitrogens is 2. The standard InChI is InChI=1S/C19H20N2S/c1-12-7-13(2)9-15(8-12)17-19-18(21-11-20-17)16(10-22-19)14-5-3-4-6-14/h7-11,14H,3-6H2,1-2H3. The molecule has 0 saturated heterocycles. The maximum absolute atomic E-state index is 4.62. The predicted octanol–water partition coefficient (Wildman–Crippen LogP) is 5.63. The van der Waals surface area contributed by atoms with Gasteiger partial charge in [0.2, 0.25) is 0 Å². The van der Waals surface area contributed by atoms with Crippen LogP contribution in [0.4, 0.5) is 0 Å². The Morgan fingerprint density at radius 3 is 2.45 bits per heavy atom. The van der Waals surface area contributed by atoms with E-state index in [1.165, 1.54) is 58.2 Å². The molecule has 1 fully saturated rings. The zero-order chi connectivity index (χ0) is 15.1. The zero-order valence-corrected chi connectivity index (χ0v) is 13.9. The largest absolute Gasteiger partial charge is 0.235 e. The lowest BCUT2D eigenvalue weighted by atomic mass is 9.98. The van der Waals surface area contributed by atoms with Crippen molar-refractivity contribution < 1.29 is 0 Å². The first kappa shape index (κ1) is 13.9. The first-order valence-electron chi connectivity index (χ1n) is 8.03. The van der Waals surface area contributed by atoms with E-state index in [1.807, 2.05) is 11.3 Å². The van der Waals surface area contributed by atoms with Crippen molar-refractivity contribution in [2.24, 2.45) is 0 Å². The fourth-order valence-electron chi connectivity index (χ4n) is 3.71. The molecule has 0 spiro atoms. The molecule has 22 heavy (non-hydrogen) atoms. The molecule has 0 atom stereocenters. The van der Waals surface area contributed by atoms with E-state index in [0.29, 0.717) is 5.92 Å². The van der Waals surface area contributed by atoms with Gasteiger partial charge in [-0.05, 0) is 55.7 Å². The van der Waals surface area contributed by atoms with Crippen LogP contribution >= 0.6 is 11.3 Å². The van der Waals surface area contributed by atoms with Crippen LogP contribution < -0.4 is 0 Å². The minimum absolute atomic E-state index is 0.704. The van der Waals surface area contributed by atoms with Gasteiger partial charge in [-0.2, -0.15) is 0 Å². The Hall–Kier alpha value is -1.74. The molecule has 2 heterocycles. The average molecular weight is 308 g/mol. The highest BCUT2D eigenvalue weighted by Gasteiger charge is 2.22. The molecule has 1 saturated carbocycles. The van der Waals surface area contributed by atoms with Crippen molar-refractivity contribution in [3.05, 3.63) is 46.6 Å². The van der Waals surface area contributed by atoms with Crippen molar-refractivity contribution >= 4 is 21.6 Å². The lowest BCUT2D eigenvalue weighted by Crippen LogP contribution is -1.93. The van der Waals surface area contributed by atoms with E-state index in [4.69, 9.17) is 0 Å². The Balaban J connectivity index is 1.88. The summed E-state index contributed by atoms with van der Waals surface area (Å²) in [6.45, 7) is 4.29. The number of rotatable bonds is 2. The SMILES string of the molecule is Cc1cc(C)cc(-c2ncnc3c(C4CCCC4)csc23)c1. The third-order valence-electron chi connectivity index (χ3n) is 4.67. The van der Waals surface area contributed by atoms with E-state index in [9.17, 15) is 0 Å². The molecule has 0 aliphatic heterocycles. The maximum atomic E-state index is 4.62. The Bertz CT molecular complexity index is 808. The molecule has 0 bridgehead atoms. The van der Waals surface area contributed by atoms with Gasteiger partial charge in [-0.25, -0.2) is 9.97 Å². The molecule has 1 aliphatic carbocycles. The van der Waals surface area contributed by atoms with E-state index in [0.717, 1.165) is 5.69 Å². The summed E-state index contributed by atoms with van der Waals surface area (Å²) < 4.78 is 1.24. The summed E-state index contributed by atoms with van der Waals surface area (Å²) in [5.74, 6) is 0.704. The average Bonchev–Trinajstić information content (AvgIpc) is 3.14. The first-order chi connectivity index (χ1) is 10.7. The van der Waals surface area contributed by atoms with Crippen molar-refractivity contribution in [3.63, 3.8) is 0 Å². The summed E-state index contributed by atoms with van der Waals surface area (Å²) in [4.78, 5) is 9.21. The number of benzene rings is 1. The van der Waals surface area contributed by atoms with Gasteiger partial charge in [0, 0.05) is 5.56 Å². The molecular formula is C19H20N2S. The second kappa shape index (κ2) is 5.47. The summed E-state index contributed by atoms with van der Waals surface area (Å²) >= 11 is 1.81. The topological polar surface area (TPSA) is 25.8 Å². The van der Waals surface area contributed by atoms with Crippen molar-refractivity contribution in [2.45, 2.75) is 45.4 Å².